The van der Waals surface area contributed by atoms with Crippen molar-refractivity contribution in [1.29, 1.82) is 0 Å². The summed E-state index contributed by atoms with van der Waals surface area (Å²) in [5.41, 5.74) is 0.635. The first kappa shape index (κ1) is 11.7. The fourth-order valence-electron chi connectivity index (χ4n) is 1.54. The van der Waals surface area contributed by atoms with Gasteiger partial charge < -0.3 is 9.84 Å². The maximum absolute atomic E-state index is 10.9. The van der Waals surface area contributed by atoms with Crippen molar-refractivity contribution >= 4 is 28.5 Å². The van der Waals surface area contributed by atoms with E-state index in [9.17, 15) is 4.79 Å². The number of carbonyl (C=O) groups is 1. The van der Waals surface area contributed by atoms with Gasteiger partial charge in [-0.05, 0) is 31.2 Å². The summed E-state index contributed by atoms with van der Waals surface area (Å²) in [5, 5.41) is 9.63. The second-order valence-electron chi connectivity index (χ2n) is 3.42. The largest absolute Gasteiger partial charge is 0.494 e. The van der Waals surface area contributed by atoms with E-state index in [1.807, 2.05) is 6.92 Å². The van der Waals surface area contributed by atoms with E-state index in [-0.39, 0.29) is 10.7 Å². The number of nitrogens with zero attached hydrogens (tertiary/aromatic N) is 1. The molecular formula is C12H10ClNO3. The van der Waals surface area contributed by atoms with Crippen LogP contribution in [0.25, 0.3) is 10.9 Å². The highest BCUT2D eigenvalue weighted by molar-refractivity contribution is 6.32. The van der Waals surface area contributed by atoms with E-state index in [0.717, 1.165) is 0 Å². The van der Waals surface area contributed by atoms with Crippen LogP contribution in [0, 0.1) is 0 Å². The SMILES string of the molecule is CCOc1ccc2nc(Cl)c(C(=O)O)cc2c1. The zero-order valence-electron chi connectivity index (χ0n) is 9.11. The predicted molar refractivity (Wildman–Crippen MR) is 64.9 cm³/mol. The predicted octanol–water partition coefficient (Wildman–Crippen LogP) is 2.99. The van der Waals surface area contributed by atoms with Gasteiger partial charge in [-0.25, -0.2) is 9.78 Å². The Morgan fingerprint density at radius 1 is 1.47 bits per heavy atom. The van der Waals surface area contributed by atoms with Gasteiger partial charge in [0.05, 0.1) is 17.7 Å². The van der Waals surface area contributed by atoms with E-state index < -0.39 is 5.97 Å². The molecule has 1 N–H and O–H groups in total. The number of hydrogen-bond acceptors (Lipinski definition) is 3. The minimum atomic E-state index is -1.09. The highest BCUT2D eigenvalue weighted by atomic mass is 35.5. The van der Waals surface area contributed by atoms with Crippen LogP contribution in [-0.2, 0) is 0 Å². The van der Waals surface area contributed by atoms with E-state index in [0.29, 0.717) is 23.3 Å². The molecule has 5 heteroatoms. The van der Waals surface area contributed by atoms with Gasteiger partial charge in [0, 0.05) is 5.39 Å². The zero-order valence-corrected chi connectivity index (χ0v) is 9.86. The lowest BCUT2D eigenvalue weighted by atomic mass is 10.1. The number of pyridine rings is 1. The van der Waals surface area contributed by atoms with Crippen LogP contribution in [-0.4, -0.2) is 22.7 Å². The molecule has 2 rings (SSSR count). The number of benzene rings is 1. The first-order valence-corrected chi connectivity index (χ1v) is 5.46. The lowest BCUT2D eigenvalue weighted by Crippen LogP contribution is -1.99. The Labute approximate surface area is 103 Å². The summed E-state index contributed by atoms with van der Waals surface area (Å²) in [6, 6.07) is 6.76. The van der Waals surface area contributed by atoms with E-state index in [4.69, 9.17) is 21.4 Å². The first-order chi connectivity index (χ1) is 8.11. The Kier molecular flexibility index (Phi) is 3.15. The lowest BCUT2D eigenvalue weighted by molar-refractivity contribution is 0.0697. The highest BCUT2D eigenvalue weighted by Crippen LogP contribution is 2.24. The molecule has 0 unspecified atom stereocenters. The Hall–Kier alpha value is -1.81. The minimum absolute atomic E-state index is 0.00541. The topological polar surface area (TPSA) is 59.4 Å². The summed E-state index contributed by atoms with van der Waals surface area (Å²) in [5.74, 6) is -0.410. The van der Waals surface area contributed by atoms with Gasteiger partial charge in [-0.1, -0.05) is 11.6 Å². The monoisotopic (exact) mass is 251 g/mol. The van der Waals surface area contributed by atoms with Crippen molar-refractivity contribution in [3.63, 3.8) is 0 Å². The Morgan fingerprint density at radius 3 is 2.88 bits per heavy atom. The number of carboxylic acid groups (broad SMARTS) is 1. The van der Waals surface area contributed by atoms with Gasteiger partial charge in [-0.2, -0.15) is 0 Å². The third kappa shape index (κ3) is 2.31. The van der Waals surface area contributed by atoms with Crippen molar-refractivity contribution in [3.05, 3.63) is 35.0 Å². The van der Waals surface area contributed by atoms with Crippen molar-refractivity contribution in [1.82, 2.24) is 4.98 Å². The fraction of sp³-hybridized carbons (Fsp3) is 0.167. The summed E-state index contributed by atoms with van der Waals surface area (Å²) in [6.45, 7) is 2.44. The smallest absolute Gasteiger partial charge is 0.338 e. The quantitative estimate of drug-likeness (QED) is 0.852. The molecular weight excluding hydrogens is 242 g/mol. The first-order valence-electron chi connectivity index (χ1n) is 5.08. The van der Waals surface area contributed by atoms with Crippen molar-refractivity contribution in [3.8, 4) is 5.75 Å². The molecule has 1 aromatic carbocycles. The van der Waals surface area contributed by atoms with E-state index in [1.165, 1.54) is 6.07 Å². The van der Waals surface area contributed by atoms with Gasteiger partial charge in [0.25, 0.3) is 0 Å². The number of aromatic nitrogens is 1. The van der Waals surface area contributed by atoms with Crippen LogP contribution >= 0.6 is 11.6 Å². The molecule has 0 spiro atoms. The highest BCUT2D eigenvalue weighted by Gasteiger charge is 2.11. The Balaban J connectivity index is 2.59. The summed E-state index contributed by atoms with van der Waals surface area (Å²) >= 11 is 5.78. The van der Waals surface area contributed by atoms with Crippen LogP contribution in [0.1, 0.15) is 17.3 Å². The van der Waals surface area contributed by atoms with Gasteiger partial charge >= 0.3 is 5.97 Å². The molecule has 4 nitrogen and oxygen atoms in total. The normalized spacial score (nSPS) is 10.5. The van der Waals surface area contributed by atoms with E-state index in [2.05, 4.69) is 4.98 Å². The molecule has 0 radical (unpaired) electrons. The maximum Gasteiger partial charge on any atom is 0.338 e. The van der Waals surface area contributed by atoms with Crippen LogP contribution in [0.15, 0.2) is 24.3 Å². The average Bonchev–Trinajstić information content (AvgIpc) is 2.28. The molecule has 0 saturated heterocycles. The molecule has 1 aromatic heterocycles. The van der Waals surface area contributed by atoms with Gasteiger partial charge in [-0.15, -0.1) is 0 Å². The molecule has 0 saturated carbocycles. The molecule has 2 aromatic rings. The number of hydrogen-bond donors (Lipinski definition) is 1. The molecule has 88 valence electrons. The zero-order chi connectivity index (χ0) is 12.4. The van der Waals surface area contributed by atoms with Crippen molar-refractivity contribution < 1.29 is 14.6 Å². The van der Waals surface area contributed by atoms with E-state index >= 15 is 0 Å². The number of aromatic carboxylic acids is 1. The molecule has 0 aliphatic heterocycles. The number of carboxylic acids is 1. The summed E-state index contributed by atoms with van der Waals surface area (Å²) in [4.78, 5) is 14.9. The van der Waals surface area contributed by atoms with Crippen LogP contribution in [0.4, 0.5) is 0 Å². The third-order valence-corrected chi connectivity index (χ3v) is 2.57. The molecule has 0 aliphatic rings. The molecule has 0 atom stereocenters. The third-order valence-electron chi connectivity index (χ3n) is 2.28. The van der Waals surface area contributed by atoms with Crippen LogP contribution in [0.2, 0.25) is 5.15 Å². The molecule has 0 aliphatic carbocycles. The van der Waals surface area contributed by atoms with Crippen molar-refractivity contribution in [2.45, 2.75) is 6.92 Å². The maximum atomic E-state index is 10.9. The van der Waals surface area contributed by atoms with Gasteiger partial charge in [-0.3, -0.25) is 0 Å². The summed E-state index contributed by atoms with van der Waals surface area (Å²) in [6.07, 6.45) is 0. The molecule has 0 amide bonds. The molecule has 0 bridgehead atoms. The minimum Gasteiger partial charge on any atom is -0.494 e. The Morgan fingerprint density at radius 2 is 2.24 bits per heavy atom. The Bertz CT molecular complexity index is 583. The number of ether oxygens (including phenoxy) is 1. The number of rotatable bonds is 3. The van der Waals surface area contributed by atoms with Gasteiger partial charge in [0.1, 0.15) is 10.9 Å². The molecule has 0 fully saturated rings. The van der Waals surface area contributed by atoms with Crippen molar-refractivity contribution in [2.24, 2.45) is 0 Å². The van der Waals surface area contributed by atoms with Crippen molar-refractivity contribution in [2.75, 3.05) is 6.61 Å². The van der Waals surface area contributed by atoms with E-state index in [1.54, 1.807) is 18.2 Å². The van der Waals surface area contributed by atoms with Crippen LogP contribution in [0.3, 0.4) is 0 Å². The van der Waals surface area contributed by atoms with Crippen LogP contribution in [0.5, 0.6) is 5.75 Å². The lowest BCUT2D eigenvalue weighted by Gasteiger charge is -2.06. The average molecular weight is 252 g/mol. The number of fused-ring (bicyclic) bond motifs is 1. The molecule has 17 heavy (non-hydrogen) atoms. The van der Waals surface area contributed by atoms with Gasteiger partial charge in [0.2, 0.25) is 0 Å². The fourth-order valence-corrected chi connectivity index (χ4v) is 1.76. The second-order valence-corrected chi connectivity index (χ2v) is 3.78. The van der Waals surface area contributed by atoms with Crippen LogP contribution < -0.4 is 4.74 Å². The second kappa shape index (κ2) is 4.59. The standard InChI is InChI=1S/C12H10ClNO3/c1-2-17-8-3-4-10-7(5-8)6-9(12(15)16)11(13)14-10/h3-6H,2H2,1H3,(H,15,16). The summed E-state index contributed by atoms with van der Waals surface area (Å²) in [7, 11) is 0. The van der Waals surface area contributed by atoms with Gasteiger partial charge in [0.15, 0.2) is 0 Å². The molecule has 1 heterocycles. The number of halogens is 1. The summed E-state index contributed by atoms with van der Waals surface area (Å²) < 4.78 is 5.34.